The number of unbranched alkanes of at least 4 members (excludes halogenated alkanes) is 3. The van der Waals surface area contributed by atoms with Crippen molar-refractivity contribution < 1.29 is 125 Å². The van der Waals surface area contributed by atoms with Gasteiger partial charge < -0.3 is 125 Å². The van der Waals surface area contributed by atoms with E-state index in [1.807, 2.05) is 20.8 Å². The standard InChI is InChI=1S/2C10H20O6.C10H20O5.2C7H14O4S.CH4/c2*1-2-3-4-15-10-9(14)8(13)7(12)6(5-11)16-10;1-3-4-5-14-10-9(13)8(12)7(11)6(2)15-10;2*1-3-5(8)7(10)6(9)4(2-12)11-3;/h2*6-14H,2-5H2,1H3;6-13H,3-5H2,1-2H3;2*3-10,12H,2H2,1H3;1H4/t6?,7-,8+,9?,10-;6?,7-,8-,9?,10+;6?,7-,8+,9?,10-;2*3-,4?,5?,6-,7-;/m10111./s1. The lowest BCUT2D eigenvalue weighted by Gasteiger charge is -2.39. The minimum atomic E-state index is -1.36. The number of thiol groups is 2. The van der Waals surface area contributed by atoms with E-state index in [0.29, 0.717) is 31.3 Å². The molecule has 0 aromatic carbocycles. The number of hydrogen-bond acceptors (Lipinski definition) is 27. The van der Waals surface area contributed by atoms with Crippen LogP contribution >= 0.6 is 25.3 Å². The zero-order valence-corrected chi connectivity index (χ0v) is 43.2. The Labute approximate surface area is 434 Å². The molecule has 5 aliphatic rings. The second-order valence-electron chi connectivity index (χ2n) is 17.8. The molecule has 5 heterocycles. The summed E-state index contributed by atoms with van der Waals surface area (Å²) in [7, 11) is 0. The topological polar surface area (TPSA) is 418 Å². The Hall–Kier alpha value is -0.300. The lowest BCUT2D eigenvalue weighted by atomic mass is 9.96. The smallest absolute Gasteiger partial charge is 0.186 e. The molecule has 5 aliphatic heterocycles. The van der Waals surface area contributed by atoms with Gasteiger partial charge in [-0.15, -0.1) is 0 Å². The van der Waals surface area contributed by atoms with E-state index in [9.17, 15) is 76.6 Å². The number of aliphatic hydroxyl groups is 17. The Morgan fingerprint density at radius 1 is 0.333 bits per heavy atom. The average molecular weight is 1100 g/mol. The van der Waals surface area contributed by atoms with Crippen molar-refractivity contribution >= 4 is 25.3 Å². The lowest BCUT2D eigenvalue weighted by molar-refractivity contribution is -0.301. The molecule has 72 heavy (non-hydrogen) atoms. The summed E-state index contributed by atoms with van der Waals surface area (Å²) < 4.78 is 41.7. The summed E-state index contributed by atoms with van der Waals surface area (Å²) in [6.45, 7) is 11.4. The van der Waals surface area contributed by atoms with Crippen LogP contribution in [0.1, 0.15) is 87.5 Å². The largest absolute Gasteiger partial charge is 0.394 e. The van der Waals surface area contributed by atoms with Crippen LogP contribution in [0.3, 0.4) is 0 Å². The van der Waals surface area contributed by atoms with Crippen molar-refractivity contribution in [3.63, 3.8) is 0 Å². The van der Waals surface area contributed by atoms with Crippen molar-refractivity contribution in [2.75, 3.05) is 44.5 Å². The predicted octanol–water partition coefficient (Wildman–Crippen LogP) is -4.95. The van der Waals surface area contributed by atoms with E-state index in [1.54, 1.807) is 20.8 Å². The van der Waals surface area contributed by atoms with E-state index in [2.05, 4.69) is 25.3 Å². The first-order valence-electron chi connectivity index (χ1n) is 24.2. The van der Waals surface area contributed by atoms with Crippen LogP contribution in [0.15, 0.2) is 0 Å². The molecular formula is C45H92O25S2. The lowest BCUT2D eigenvalue weighted by Crippen LogP contribution is -2.59. The fourth-order valence-electron chi connectivity index (χ4n) is 7.17. The first-order valence-corrected chi connectivity index (χ1v) is 25.5. The maximum Gasteiger partial charge on any atom is 0.186 e. The van der Waals surface area contributed by atoms with E-state index in [1.165, 1.54) is 0 Å². The van der Waals surface area contributed by atoms with Crippen LogP contribution in [0.2, 0.25) is 0 Å². The third-order valence-electron chi connectivity index (χ3n) is 12.1. The second kappa shape index (κ2) is 37.5. The Morgan fingerprint density at radius 3 is 0.833 bits per heavy atom. The molecule has 5 saturated heterocycles. The Bertz CT molecular complexity index is 1250. The zero-order chi connectivity index (χ0) is 54.3. The van der Waals surface area contributed by atoms with E-state index < -0.39 is 166 Å². The maximum atomic E-state index is 9.58. The summed E-state index contributed by atoms with van der Waals surface area (Å²) in [5, 5.41) is 159. The minimum Gasteiger partial charge on any atom is -0.394 e. The number of aliphatic hydroxyl groups excluding tert-OH is 17. The highest BCUT2D eigenvalue weighted by atomic mass is 32.1. The van der Waals surface area contributed by atoms with Gasteiger partial charge >= 0.3 is 0 Å². The fourth-order valence-corrected chi connectivity index (χ4v) is 7.77. The van der Waals surface area contributed by atoms with E-state index >= 15 is 0 Å². The van der Waals surface area contributed by atoms with Crippen LogP contribution in [0.25, 0.3) is 0 Å². The van der Waals surface area contributed by atoms with Crippen LogP contribution in [0.5, 0.6) is 0 Å². The van der Waals surface area contributed by atoms with E-state index in [0.717, 1.165) is 38.5 Å². The van der Waals surface area contributed by atoms with Gasteiger partial charge in [-0.1, -0.05) is 47.5 Å². The molecule has 5 rings (SSSR count). The Balaban J connectivity index is 0.000000877. The molecule has 0 aromatic rings. The molecule has 25 atom stereocenters. The summed E-state index contributed by atoms with van der Waals surface area (Å²) in [4.78, 5) is 0. The average Bonchev–Trinajstić information content (AvgIpc) is 3.36. The monoisotopic (exact) mass is 1100 g/mol. The quantitative estimate of drug-likeness (QED) is 0.0508. The first-order chi connectivity index (χ1) is 33.4. The van der Waals surface area contributed by atoms with Gasteiger partial charge in [-0.2, -0.15) is 25.3 Å². The molecule has 0 saturated carbocycles. The van der Waals surface area contributed by atoms with E-state index in [4.69, 9.17) is 48.1 Å². The molecule has 0 bridgehead atoms. The highest BCUT2D eigenvalue weighted by Gasteiger charge is 2.46. The normalized spacial score (nSPS) is 42.9. The number of hydrogen-bond donors (Lipinski definition) is 19. The van der Waals surface area contributed by atoms with Gasteiger partial charge in [0, 0.05) is 31.3 Å². The molecule has 434 valence electrons. The van der Waals surface area contributed by atoms with Crippen molar-refractivity contribution in [1.29, 1.82) is 0 Å². The predicted molar refractivity (Wildman–Crippen MR) is 262 cm³/mol. The van der Waals surface area contributed by atoms with Crippen LogP contribution in [0, 0.1) is 0 Å². The van der Waals surface area contributed by atoms with Gasteiger partial charge in [0.25, 0.3) is 0 Å². The van der Waals surface area contributed by atoms with E-state index in [-0.39, 0.29) is 7.43 Å². The molecular weight excluding hydrogens is 1000 g/mol. The molecule has 0 aliphatic carbocycles. The highest BCUT2D eigenvalue weighted by Crippen LogP contribution is 2.26. The van der Waals surface area contributed by atoms with Crippen LogP contribution in [0.4, 0.5) is 0 Å². The maximum absolute atomic E-state index is 9.58. The number of ether oxygens (including phenoxy) is 8. The molecule has 0 radical (unpaired) electrons. The molecule has 0 amide bonds. The summed E-state index contributed by atoms with van der Waals surface area (Å²) in [5.41, 5.74) is 0. The molecule has 5 fully saturated rings. The van der Waals surface area contributed by atoms with Gasteiger partial charge in [0.05, 0.1) is 43.7 Å². The SMILES string of the molecule is C.CCCCO[C@@H]1OC(C)[C@@H](O)[C@H](O)C1O.CCCCO[C@@H]1OC(CO)[C@@H](O)[C@H](O)C1O.CCCCO[C@@H]1OC(CO)[C@H](O)[C@H](O)C1O.C[C@H]1OC(CS)[C@@H](O)[C@H](O)C1O.C[C@H]1OC(CS)[C@@H](O)[C@H](O)C1O. The third kappa shape index (κ3) is 21.9. The highest BCUT2D eigenvalue weighted by molar-refractivity contribution is 7.80. The Kier molecular flexibility index (Phi) is 37.3. The molecule has 25 nitrogen and oxygen atoms in total. The minimum absolute atomic E-state index is 0. The van der Waals surface area contributed by atoms with Crippen molar-refractivity contribution in [3.05, 3.63) is 0 Å². The van der Waals surface area contributed by atoms with Crippen LogP contribution in [-0.2, 0) is 37.9 Å². The van der Waals surface area contributed by atoms with Crippen molar-refractivity contribution in [2.24, 2.45) is 0 Å². The second-order valence-corrected chi connectivity index (χ2v) is 18.5. The van der Waals surface area contributed by atoms with Gasteiger partial charge in [-0.05, 0) is 40.0 Å². The summed E-state index contributed by atoms with van der Waals surface area (Å²) in [6, 6.07) is 0. The zero-order valence-electron chi connectivity index (χ0n) is 41.4. The van der Waals surface area contributed by atoms with Gasteiger partial charge in [-0.3, -0.25) is 0 Å². The van der Waals surface area contributed by atoms with Gasteiger partial charge in [-0.25, -0.2) is 0 Å². The summed E-state index contributed by atoms with van der Waals surface area (Å²) >= 11 is 7.91. The number of rotatable bonds is 16. The first kappa shape index (κ1) is 71.7. The van der Waals surface area contributed by atoms with Gasteiger partial charge in [0.1, 0.15) is 104 Å². The fraction of sp³-hybridized carbons (Fsp3) is 1.00. The summed E-state index contributed by atoms with van der Waals surface area (Å²) in [5.74, 6) is 0.657. The molecule has 27 heteroatoms. The molecule has 10 unspecified atom stereocenters. The van der Waals surface area contributed by atoms with Crippen LogP contribution in [-0.4, -0.2) is 285 Å². The van der Waals surface area contributed by atoms with Crippen molar-refractivity contribution in [1.82, 2.24) is 0 Å². The summed E-state index contributed by atoms with van der Waals surface area (Å²) in [6.07, 6.45) is -19.5. The van der Waals surface area contributed by atoms with Crippen molar-refractivity contribution in [2.45, 2.75) is 241 Å². The molecule has 0 aromatic heterocycles. The Morgan fingerprint density at radius 2 is 0.569 bits per heavy atom. The van der Waals surface area contributed by atoms with Crippen molar-refractivity contribution in [3.8, 4) is 0 Å². The van der Waals surface area contributed by atoms with Gasteiger partial charge in [0.15, 0.2) is 18.9 Å². The van der Waals surface area contributed by atoms with Crippen LogP contribution < -0.4 is 0 Å². The van der Waals surface area contributed by atoms with Gasteiger partial charge in [0.2, 0.25) is 0 Å². The molecule has 17 N–H and O–H groups in total. The third-order valence-corrected chi connectivity index (χ3v) is 12.8. The molecule has 0 spiro atoms.